The van der Waals surface area contributed by atoms with Gasteiger partial charge in [0.2, 0.25) is 0 Å². The van der Waals surface area contributed by atoms with E-state index in [1.54, 1.807) is 36.8 Å². The van der Waals surface area contributed by atoms with Crippen LogP contribution in [0.25, 0.3) is 0 Å². The van der Waals surface area contributed by atoms with Crippen molar-refractivity contribution in [3.63, 3.8) is 0 Å². The number of hydrogen-bond acceptors (Lipinski definition) is 5. The Hall–Kier alpha value is -2.79. The molecule has 1 aromatic carbocycles. The zero-order valence-electron chi connectivity index (χ0n) is 12.6. The standard InChI is InChI=1S/C18H18N4O/c23-16(15-6-9-19-10-7-15)13-21-17-8-11-20-18(22-17)12-14-4-2-1-3-5-14/h1-11,16,23H,12-13H2,(H,20,21,22)/t16-/m1/s1. The third kappa shape index (κ3) is 4.34. The highest BCUT2D eigenvalue weighted by molar-refractivity contribution is 5.34. The van der Waals surface area contributed by atoms with Crippen molar-refractivity contribution in [1.29, 1.82) is 0 Å². The molecular formula is C18H18N4O. The summed E-state index contributed by atoms with van der Waals surface area (Å²) >= 11 is 0. The lowest BCUT2D eigenvalue weighted by atomic mass is 10.1. The molecule has 2 aromatic heterocycles. The maximum atomic E-state index is 10.2. The van der Waals surface area contributed by atoms with Crippen LogP contribution in [0.2, 0.25) is 0 Å². The normalized spacial score (nSPS) is 11.9. The fourth-order valence-corrected chi connectivity index (χ4v) is 2.27. The van der Waals surface area contributed by atoms with E-state index in [2.05, 4.69) is 32.4 Å². The zero-order chi connectivity index (χ0) is 15.9. The van der Waals surface area contributed by atoms with Crippen LogP contribution in [0.5, 0.6) is 0 Å². The number of aliphatic hydroxyl groups is 1. The molecule has 2 N–H and O–H groups in total. The van der Waals surface area contributed by atoms with E-state index in [4.69, 9.17) is 0 Å². The van der Waals surface area contributed by atoms with Gasteiger partial charge >= 0.3 is 0 Å². The average Bonchev–Trinajstić information content (AvgIpc) is 2.62. The molecule has 5 heteroatoms. The minimum Gasteiger partial charge on any atom is -0.387 e. The van der Waals surface area contributed by atoms with Gasteiger partial charge in [0.15, 0.2) is 0 Å². The molecule has 1 atom stereocenters. The van der Waals surface area contributed by atoms with E-state index in [1.807, 2.05) is 18.2 Å². The Bertz CT molecular complexity index is 734. The molecule has 0 saturated carbocycles. The van der Waals surface area contributed by atoms with Crippen LogP contribution in [-0.2, 0) is 6.42 Å². The van der Waals surface area contributed by atoms with E-state index < -0.39 is 6.10 Å². The van der Waals surface area contributed by atoms with Crippen LogP contribution in [0.15, 0.2) is 67.1 Å². The maximum Gasteiger partial charge on any atom is 0.135 e. The smallest absolute Gasteiger partial charge is 0.135 e. The quantitative estimate of drug-likeness (QED) is 0.732. The second-order valence-electron chi connectivity index (χ2n) is 5.20. The van der Waals surface area contributed by atoms with Gasteiger partial charge in [0.25, 0.3) is 0 Å². The average molecular weight is 306 g/mol. The van der Waals surface area contributed by atoms with E-state index in [0.717, 1.165) is 11.4 Å². The van der Waals surface area contributed by atoms with Crippen LogP contribution in [0.4, 0.5) is 5.82 Å². The molecule has 0 aliphatic rings. The zero-order valence-corrected chi connectivity index (χ0v) is 12.6. The molecule has 5 nitrogen and oxygen atoms in total. The summed E-state index contributed by atoms with van der Waals surface area (Å²) in [6, 6.07) is 15.5. The molecule has 3 aromatic rings. The van der Waals surface area contributed by atoms with Crippen LogP contribution in [0.1, 0.15) is 23.1 Å². The summed E-state index contributed by atoms with van der Waals surface area (Å²) in [4.78, 5) is 12.7. The molecule has 0 saturated heterocycles. The maximum absolute atomic E-state index is 10.2. The Kier molecular flexibility index (Phi) is 4.91. The van der Waals surface area contributed by atoms with Gasteiger partial charge in [-0.2, -0.15) is 0 Å². The van der Waals surface area contributed by atoms with Gasteiger partial charge in [0.1, 0.15) is 11.6 Å². The van der Waals surface area contributed by atoms with E-state index in [0.29, 0.717) is 18.8 Å². The van der Waals surface area contributed by atoms with Gasteiger partial charge in [-0.05, 0) is 29.3 Å². The first kappa shape index (κ1) is 15.1. The first-order valence-electron chi connectivity index (χ1n) is 7.49. The minimum atomic E-state index is -0.606. The Labute approximate surface area is 135 Å². The first-order chi connectivity index (χ1) is 11.3. The van der Waals surface area contributed by atoms with Crippen LogP contribution in [-0.4, -0.2) is 26.6 Å². The molecule has 0 radical (unpaired) electrons. The lowest BCUT2D eigenvalue weighted by Crippen LogP contribution is -2.13. The predicted octanol–water partition coefficient (Wildman–Crippen LogP) is 2.61. The van der Waals surface area contributed by atoms with Crippen LogP contribution in [0, 0.1) is 0 Å². The SMILES string of the molecule is O[C@H](CNc1ccnc(Cc2ccccc2)n1)c1ccncc1. The summed E-state index contributed by atoms with van der Waals surface area (Å²) in [6.07, 6.45) is 5.14. The molecule has 2 heterocycles. The summed E-state index contributed by atoms with van der Waals surface area (Å²) < 4.78 is 0. The number of nitrogens with one attached hydrogen (secondary N) is 1. The number of nitrogens with zero attached hydrogens (tertiary/aromatic N) is 3. The van der Waals surface area contributed by atoms with E-state index in [-0.39, 0.29) is 0 Å². The van der Waals surface area contributed by atoms with Crippen LogP contribution < -0.4 is 5.32 Å². The number of anilines is 1. The van der Waals surface area contributed by atoms with Crippen molar-refractivity contribution in [2.24, 2.45) is 0 Å². The molecule has 0 amide bonds. The minimum absolute atomic E-state index is 0.381. The molecular weight excluding hydrogens is 288 g/mol. The molecule has 23 heavy (non-hydrogen) atoms. The van der Waals surface area contributed by atoms with Crippen molar-refractivity contribution in [2.75, 3.05) is 11.9 Å². The van der Waals surface area contributed by atoms with E-state index in [9.17, 15) is 5.11 Å². The Morgan fingerprint density at radius 2 is 1.74 bits per heavy atom. The predicted molar refractivity (Wildman–Crippen MR) is 89.0 cm³/mol. The van der Waals surface area contributed by atoms with Crippen molar-refractivity contribution >= 4 is 5.82 Å². The second kappa shape index (κ2) is 7.47. The van der Waals surface area contributed by atoms with Gasteiger partial charge in [-0.25, -0.2) is 9.97 Å². The van der Waals surface area contributed by atoms with Gasteiger partial charge in [-0.3, -0.25) is 4.98 Å². The molecule has 0 bridgehead atoms. The number of hydrogen-bond donors (Lipinski definition) is 2. The van der Waals surface area contributed by atoms with Gasteiger partial charge in [-0.1, -0.05) is 30.3 Å². The van der Waals surface area contributed by atoms with Gasteiger partial charge < -0.3 is 10.4 Å². The van der Waals surface area contributed by atoms with Gasteiger partial charge in [0.05, 0.1) is 6.10 Å². The first-order valence-corrected chi connectivity index (χ1v) is 7.49. The molecule has 0 aliphatic carbocycles. The largest absolute Gasteiger partial charge is 0.387 e. The summed E-state index contributed by atoms with van der Waals surface area (Å²) in [5.41, 5.74) is 1.99. The van der Waals surface area contributed by atoms with E-state index >= 15 is 0 Å². The Morgan fingerprint density at radius 3 is 2.52 bits per heavy atom. The highest BCUT2D eigenvalue weighted by Crippen LogP contribution is 2.13. The fourth-order valence-electron chi connectivity index (χ4n) is 2.27. The summed E-state index contributed by atoms with van der Waals surface area (Å²) in [5.74, 6) is 1.46. The van der Waals surface area contributed by atoms with Crippen molar-refractivity contribution in [3.05, 3.63) is 84.1 Å². The van der Waals surface area contributed by atoms with Crippen LogP contribution >= 0.6 is 0 Å². The van der Waals surface area contributed by atoms with Gasteiger partial charge in [-0.15, -0.1) is 0 Å². The molecule has 0 unspecified atom stereocenters. The lowest BCUT2D eigenvalue weighted by Gasteiger charge is -2.12. The highest BCUT2D eigenvalue weighted by atomic mass is 16.3. The molecule has 0 fully saturated rings. The lowest BCUT2D eigenvalue weighted by molar-refractivity contribution is 0.191. The van der Waals surface area contributed by atoms with Crippen LogP contribution in [0.3, 0.4) is 0 Å². The highest BCUT2D eigenvalue weighted by Gasteiger charge is 2.07. The summed E-state index contributed by atoms with van der Waals surface area (Å²) in [6.45, 7) is 0.381. The number of pyridine rings is 1. The number of benzene rings is 1. The number of rotatable bonds is 6. The van der Waals surface area contributed by atoms with Crippen molar-refractivity contribution in [2.45, 2.75) is 12.5 Å². The third-order valence-electron chi connectivity index (χ3n) is 3.48. The molecule has 3 rings (SSSR count). The topological polar surface area (TPSA) is 70.9 Å². The molecule has 116 valence electrons. The Morgan fingerprint density at radius 1 is 0.957 bits per heavy atom. The Balaban J connectivity index is 1.61. The third-order valence-corrected chi connectivity index (χ3v) is 3.48. The molecule has 0 aliphatic heterocycles. The fraction of sp³-hybridized carbons (Fsp3) is 0.167. The second-order valence-corrected chi connectivity index (χ2v) is 5.20. The molecule has 0 spiro atoms. The van der Waals surface area contributed by atoms with Crippen molar-refractivity contribution in [3.8, 4) is 0 Å². The van der Waals surface area contributed by atoms with Crippen molar-refractivity contribution in [1.82, 2.24) is 15.0 Å². The van der Waals surface area contributed by atoms with Crippen molar-refractivity contribution < 1.29 is 5.11 Å². The van der Waals surface area contributed by atoms with E-state index in [1.165, 1.54) is 5.56 Å². The summed E-state index contributed by atoms with van der Waals surface area (Å²) in [7, 11) is 0. The summed E-state index contributed by atoms with van der Waals surface area (Å²) in [5, 5.41) is 13.3. The monoisotopic (exact) mass is 306 g/mol. The van der Waals surface area contributed by atoms with Gasteiger partial charge in [0, 0.05) is 31.6 Å². The number of aliphatic hydroxyl groups excluding tert-OH is 1. The number of aromatic nitrogens is 3.